The lowest BCUT2D eigenvalue weighted by Gasteiger charge is -2.23. The molecule has 164 valence electrons. The number of ether oxygens (including phenoxy) is 2. The topological polar surface area (TPSA) is 94.8 Å². The van der Waals surface area contributed by atoms with E-state index in [1.807, 2.05) is 20.8 Å². The van der Waals surface area contributed by atoms with Gasteiger partial charge >= 0.3 is 17.7 Å². The van der Waals surface area contributed by atoms with Crippen molar-refractivity contribution < 1.29 is 23.5 Å². The molecular weight excluding hydrogens is 410 g/mol. The molecule has 1 atom stereocenters. The summed E-state index contributed by atoms with van der Waals surface area (Å²) in [5.41, 5.74) is -0.146. The fraction of sp³-hybridized carbons (Fsp3) is 0.500. The van der Waals surface area contributed by atoms with Crippen LogP contribution in [0.15, 0.2) is 27.4 Å². The molecule has 0 saturated heterocycles. The van der Waals surface area contributed by atoms with Crippen LogP contribution in [0.1, 0.15) is 53.5 Å². The van der Waals surface area contributed by atoms with Gasteiger partial charge in [-0.05, 0) is 51.2 Å². The van der Waals surface area contributed by atoms with Crippen molar-refractivity contribution in [2.75, 3.05) is 0 Å². The number of benzene rings is 1. The molecule has 8 heteroatoms. The first kappa shape index (κ1) is 23.7. The molecule has 1 aromatic carbocycles. The summed E-state index contributed by atoms with van der Waals surface area (Å²) < 4.78 is 15.9. The number of fused-ring (bicyclic) bond motifs is 1. The zero-order valence-electron chi connectivity index (χ0n) is 18.1. The fourth-order valence-corrected chi connectivity index (χ4v) is 3.12. The third-order valence-corrected chi connectivity index (χ3v) is 4.45. The first-order chi connectivity index (χ1) is 13.9. The van der Waals surface area contributed by atoms with E-state index in [4.69, 9.17) is 25.5 Å². The van der Waals surface area contributed by atoms with Crippen LogP contribution in [0.3, 0.4) is 0 Å². The van der Waals surface area contributed by atoms with Crippen molar-refractivity contribution in [2.24, 2.45) is 5.92 Å². The molecule has 0 unspecified atom stereocenters. The Balaban J connectivity index is 2.29. The summed E-state index contributed by atoms with van der Waals surface area (Å²) in [5.74, 6) is -0.537. The molecule has 0 fully saturated rings. The molecule has 0 aliphatic heterocycles. The lowest BCUT2D eigenvalue weighted by molar-refractivity contribution is -0.137. The largest absolute Gasteiger partial charge is 0.444 e. The number of alkyl carbamates (subject to hydrolysis) is 1. The van der Waals surface area contributed by atoms with E-state index in [1.165, 1.54) is 12.1 Å². The number of carbonyl (C=O) groups is 2. The number of halogens is 1. The standard InChI is InChI=1S/C22H28ClNO6/c1-7-13-9-19(25)28-17-11-18(15(23)10-14(13)17)29-20(26)16(8-12(2)3)24-21(27)30-22(4,5)6/h9-12,16H,7-8H2,1-6H3,(H,24,27)/t16-/m1/s1. The van der Waals surface area contributed by atoms with Crippen LogP contribution in [0, 0.1) is 5.92 Å². The number of hydrogen-bond acceptors (Lipinski definition) is 6. The zero-order chi connectivity index (χ0) is 22.6. The van der Waals surface area contributed by atoms with Gasteiger partial charge in [0, 0.05) is 17.5 Å². The van der Waals surface area contributed by atoms with Gasteiger partial charge in [0.2, 0.25) is 0 Å². The number of esters is 1. The Morgan fingerprint density at radius 2 is 1.87 bits per heavy atom. The molecular formula is C22H28ClNO6. The number of carbonyl (C=O) groups excluding carboxylic acids is 2. The number of aryl methyl sites for hydroxylation is 1. The van der Waals surface area contributed by atoms with Crippen LogP contribution >= 0.6 is 11.6 Å². The predicted octanol–water partition coefficient (Wildman–Crippen LogP) is 4.85. The molecule has 0 aliphatic rings. The van der Waals surface area contributed by atoms with Crippen LogP contribution in [0.2, 0.25) is 5.02 Å². The maximum absolute atomic E-state index is 12.8. The van der Waals surface area contributed by atoms with Crippen LogP contribution in [0.4, 0.5) is 4.79 Å². The first-order valence-electron chi connectivity index (χ1n) is 9.87. The zero-order valence-corrected chi connectivity index (χ0v) is 18.9. The van der Waals surface area contributed by atoms with E-state index in [0.29, 0.717) is 18.2 Å². The molecule has 0 aliphatic carbocycles. The highest BCUT2D eigenvalue weighted by atomic mass is 35.5. The smallest absolute Gasteiger partial charge is 0.408 e. The predicted molar refractivity (Wildman–Crippen MR) is 115 cm³/mol. The van der Waals surface area contributed by atoms with Gasteiger partial charge in [0.15, 0.2) is 5.75 Å². The summed E-state index contributed by atoms with van der Waals surface area (Å²) in [5, 5.41) is 3.42. The lowest BCUT2D eigenvalue weighted by Crippen LogP contribution is -2.45. The van der Waals surface area contributed by atoms with E-state index in [9.17, 15) is 14.4 Å². The monoisotopic (exact) mass is 437 g/mol. The van der Waals surface area contributed by atoms with Gasteiger partial charge in [0.25, 0.3) is 0 Å². The van der Waals surface area contributed by atoms with Crippen LogP contribution in [0.25, 0.3) is 11.0 Å². The Bertz CT molecular complexity index is 990. The minimum atomic E-state index is -0.930. The number of rotatable bonds is 6. The molecule has 1 heterocycles. The number of nitrogens with one attached hydrogen (secondary N) is 1. The second-order valence-electron chi connectivity index (χ2n) is 8.47. The van der Waals surface area contributed by atoms with E-state index in [-0.39, 0.29) is 22.3 Å². The summed E-state index contributed by atoms with van der Waals surface area (Å²) in [4.78, 5) is 36.7. The van der Waals surface area contributed by atoms with E-state index < -0.39 is 29.3 Å². The average molecular weight is 438 g/mol. The molecule has 2 rings (SSSR count). The molecule has 2 aromatic rings. The van der Waals surface area contributed by atoms with Gasteiger partial charge in [0.05, 0.1) is 5.02 Å². The molecule has 0 saturated carbocycles. The lowest BCUT2D eigenvalue weighted by atomic mass is 10.0. The Hall–Kier alpha value is -2.54. The second kappa shape index (κ2) is 9.51. The van der Waals surface area contributed by atoms with Gasteiger partial charge in [-0.1, -0.05) is 32.4 Å². The van der Waals surface area contributed by atoms with Crippen LogP contribution in [0.5, 0.6) is 5.75 Å². The summed E-state index contributed by atoms with van der Waals surface area (Å²) in [7, 11) is 0. The summed E-state index contributed by atoms with van der Waals surface area (Å²) in [6.45, 7) is 10.9. The van der Waals surface area contributed by atoms with Crippen molar-refractivity contribution in [3.05, 3.63) is 39.2 Å². The summed E-state index contributed by atoms with van der Waals surface area (Å²) in [6, 6.07) is 3.49. The third-order valence-electron chi connectivity index (χ3n) is 4.16. The number of amides is 1. The molecule has 1 aromatic heterocycles. The van der Waals surface area contributed by atoms with Gasteiger partial charge in [-0.15, -0.1) is 0 Å². The highest BCUT2D eigenvalue weighted by Crippen LogP contribution is 2.32. The van der Waals surface area contributed by atoms with Crippen molar-refractivity contribution in [3.63, 3.8) is 0 Å². The molecule has 0 bridgehead atoms. The first-order valence-corrected chi connectivity index (χ1v) is 10.2. The van der Waals surface area contributed by atoms with Gasteiger partial charge < -0.3 is 19.2 Å². The molecule has 7 nitrogen and oxygen atoms in total. The molecule has 1 N–H and O–H groups in total. The van der Waals surface area contributed by atoms with Crippen LogP contribution in [-0.4, -0.2) is 23.7 Å². The van der Waals surface area contributed by atoms with Gasteiger partial charge in [-0.2, -0.15) is 0 Å². The van der Waals surface area contributed by atoms with Crippen molar-refractivity contribution in [1.29, 1.82) is 0 Å². The second-order valence-corrected chi connectivity index (χ2v) is 8.88. The van der Waals surface area contributed by atoms with Gasteiger partial charge in [-0.25, -0.2) is 14.4 Å². The Morgan fingerprint density at radius 3 is 2.43 bits per heavy atom. The summed E-state index contributed by atoms with van der Waals surface area (Å²) in [6.07, 6.45) is 0.250. The van der Waals surface area contributed by atoms with Crippen LogP contribution < -0.4 is 15.7 Å². The highest BCUT2D eigenvalue weighted by molar-refractivity contribution is 6.33. The van der Waals surface area contributed by atoms with E-state index in [0.717, 1.165) is 5.56 Å². The maximum Gasteiger partial charge on any atom is 0.408 e. The van der Waals surface area contributed by atoms with Crippen molar-refractivity contribution >= 4 is 34.6 Å². The van der Waals surface area contributed by atoms with Crippen molar-refractivity contribution in [2.45, 2.75) is 66.0 Å². The minimum Gasteiger partial charge on any atom is -0.444 e. The quantitative estimate of drug-likeness (QED) is 0.394. The Kier molecular flexibility index (Phi) is 7.53. The summed E-state index contributed by atoms with van der Waals surface area (Å²) >= 11 is 6.31. The average Bonchev–Trinajstić information content (AvgIpc) is 2.59. The highest BCUT2D eigenvalue weighted by Gasteiger charge is 2.27. The van der Waals surface area contributed by atoms with Gasteiger partial charge in [0.1, 0.15) is 17.2 Å². The molecule has 1 amide bonds. The molecule has 0 spiro atoms. The number of hydrogen-bond donors (Lipinski definition) is 1. The maximum atomic E-state index is 12.8. The third kappa shape index (κ3) is 6.49. The van der Waals surface area contributed by atoms with E-state index in [2.05, 4.69) is 5.32 Å². The molecule has 30 heavy (non-hydrogen) atoms. The SMILES string of the molecule is CCc1cc(=O)oc2cc(OC(=O)[C@@H](CC(C)C)NC(=O)OC(C)(C)C)c(Cl)cc12. The Labute approximate surface area is 180 Å². The van der Waals surface area contributed by atoms with E-state index in [1.54, 1.807) is 26.8 Å². The Morgan fingerprint density at radius 1 is 1.20 bits per heavy atom. The minimum absolute atomic E-state index is 0.0466. The van der Waals surface area contributed by atoms with Crippen molar-refractivity contribution in [1.82, 2.24) is 5.32 Å². The van der Waals surface area contributed by atoms with Crippen LogP contribution in [-0.2, 0) is 16.0 Å². The van der Waals surface area contributed by atoms with E-state index >= 15 is 0 Å². The fourth-order valence-electron chi connectivity index (χ4n) is 2.91. The molecule has 0 radical (unpaired) electrons. The van der Waals surface area contributed by atoms with Gasteiger partial charge in [-0.3, -0.25) is 0 Å². The normalized spacial score (nSPS) is 12.7. The van der Waals surface area contributed by atoms with Crippen molar-refractivity contribution in [3.8, 4) is 5.75 Å².